The predicted molar refractivity (Wildman–Crippen MR) is 59.0 cm³/mol. The fourth-order valence-corrected chi connectivity index (χ4v) is 2.11. The molecule has 0 radical (unpaired) electrons. The average molecular weight is 247 g/mol. The first kappa shape index (κ1) is 12.2. The van der Waals surface area contributed by atoms with Crippen molar-refractivity contribution in [2.75, 3.05) is 7.11 Å². The highest BCUT2D eigenvalue weighted by atomic mass is 35.5. The lowest BCUT2D eigenvalue weighted by Gasteiger charge is -2.08. The molecule has 0 aliphatic heterocycles. The molecule has 0 spiro atoms. The lowest BCUT2D eigenvalue weighted by molar-refractivity contribution is -0.147. The second-order valence-corrected chi connectivity index (χ2v) is 4.20. The lowest BCUT2D eigenvalue weighted by Crippen LogP contribution is -2.22. The van der Waals surface area contributed by atoms with Gasteiger partial charge in [-0.1, -0.05) is 0 Å². The number of halogens is 1. The number of rotatable bonds is 5. The number of carbonyl (C=O) groups is 2. The van der Waals surface area contributed by atoms with Crippen LogP contribution in [0.15, 0.2) is 16.8 Å². The smallest absolute Gasteiger partial charge is 0.317 e. The van der Waals surface area contributed by atoms with E-state index >= 15 is 0 Å². The Morgan fingerprint density at radius 3 is 2.80 bits per heavy atom. The summed E-state index contributed by atoms with van der Waals surface area (Å²) in [5, 5.41) is 3.27. The molecule has 0 amide bonds. The van der Waals surface area contributed by atoms with Gasteiger partial charge in [-0.05, 0) is 46.8 Å². The van der Waals surface area contributed by atoms with Crippen molar-refractivity contribution in [1.82, 2.24) is 0 Å². The first-order chi connectivity index (χ1) is 7.15. The molecule has 0 saturated carbocycles. The third-order valence-electron chi connectivity index (χ3n) is 2.06. The molecule has 0 saturated heterocycles. The van der Waals surface area contributed by atoms with Crippen molar-refractivity contribution in [1.29, 1.82) is 0 Å². The second kappa shape index (κ2) is 5.88. The summed E-state index contributed by atoms with van der Waals surface area (Å²) in [5.74, 6) is -1.42. The minimum Gasteiger partial charge on any atom is -0.468 e. The molecular weight excluding hydrogens is 236 g/mol. The third-order valence-corrected chi connectivity index (χ3v) is 3.06. The molecule has 1 rings (SSSR count). The van der Waals surface area contributed by atoms with Crippen LogP contribution in [-0.2, 0) is 20.7 Å². The number of hydrogen-bond acceptors (Lipinski definition) is 4. The first-order valence-electron chi connectivity index (χ1n) is 4.43. The summed E-state index contributed by atoms with van der Waals surface area (Å²) < 4.78 is 4.50. The van der Waals surface area contributed by atoms with Gasteiger partial charge in [0, 0.05) is 0 Å². The van der Waals surface area contributed by atoms with Crippen LogP contribution in [0.4, 0.5) is 0 Å². The zero-order valence-corrected chi connectivity index (χ0v) is 9.81. The normalized spacial score (nSPS) is 12.1. The Morgan fingerprint density at radius 1 is 1.60 bits per heavy atom. The standard InChI is InChI=1S/C10H11ClO3S/c1-14-10(13)8(9(11)12)3-2-7-4-5-15-6-7/h4-6,8H,2-3H2,1H3. The van der Waals surface area contributed by atoms with E-state index in [9.17, 15) is 9.59 Å². The topological polar surface area (TPSA) is 43.4 Å². The van der Waals surface area contributed by atoms with E-state index in [1.165, 1.54) is 7.11 Å². The van der Waals surface area contributed by atoms with Gasteiger partial charge >= 0.3 is 5.97 Å². The molecule has 15 heavy (non-hydrogen) atoms. The number of ether oxygens (including phenoxy) is 1. The number of hydrogen-bond donors (Lipinski definition) is 0. The molecule has 0 aliphatic carbocycles. The van der Waals surface area contributed by atoms with E-state index in [2.05, 4.69) is 4.74 Å². The molecule has 3 nitrogen and oxygen atoms in total. The summed E-state index contributed by atoms with van der Waals surface area (Å²) in [7, 11) is 1.25. The van der Waals surface area contributed by atoms with Crippen LogP contribution in [0.1, 0.15) is 12.0 Å². The largest absolute Gasteiger partial charge is 0.468 e. The summed E-state index contributed by atoms with van der Waals surface area (Å²) in [4.78, 5) is 22.2. The third kappa shape index (κ3) is 3.64. The van der Waals surface area contributed by atoms with Crippen LogP contribution >= 0.6 is 22.9 Å². The molecule has 0 N–H and O–H groups in total. The van der Waals surface area contributed by atoms with Gasteiger partial charge in [0.2, 0.25) is 5.24 Å². The van der Waals surface area contributed by atoms with Crippen LogP contribution in [0.3, 0.4) is 0 Å². The summed E-state index contributed by atoms with van der Waals surface area (Å²) in [6, 6.07) is 1.96. The van der Waals surface area contributed by atoms with Crippen molar-refractivity contribution >= 4 is 34.1 Å². The van der Waals surface area contributed by atoms with Gasteiger partial charge in [-0.3, -0.25) is 9.59 Å². The Labute approximate surface area is 97.0 Å². The molecule has 5 heteroatoms. The van der Waals surface area contributed by atoms with Crippen LogP contribution in [0.5, 0.6) is 0 Å². The molecule has 0 aliphatic rings. The van der Waals surface area contributed by atoms with Gasteiger partial charge < -0.3 is 4.74 Å². The summed E-state index contributed by atoms with van der Waals surface area (Å²) in [6.45, 7) is 0. The van der Waals surface area contributed by atoms with Crippen LogP contribution in [0.2, 0.25) is 0 Å². The van der Waals surface area contributed by atoms with Gasteiger partial charge in [0.15, 0.2) is 0 Å². The summed E-state index contributed by atoms with van der Waals surface area (Å²) >= 11 is 6.90. The molecule has 1 heterocycles. The molecular formula is C10H11ClO3S. The molecule has 0 fully saturated rings. The Hall–Kier alpha value is -0.870. The van der Waals surface area contributed by atoms with E-state index in [0.29, 0.717) is 12.8 Å². The van der Waals surface area contributed by atoms with Crippen molar-refractivity contribution in [3.63, 3.8) is 0 Å². The van der Waals surface area contributed by atoms with E-state index in [0.717, 1.165) is 5.56 Å². The van der Waals surface area contributed by atoms with E-state index in [-0.39, 0.29) is 0 Å². The Morgan fingerprint density at radius 2 is 2.33 bits per heavy atom. The highest BCUT2D eigenvalue weighted by Gasteiger charge is 2.25. The molecule has 1 aromatic rings. The van der Waals surface area contributed by atoms with E-state index in [1.54, 1.807) is 11.3 Å². The molecule has 1 aromatic heterocycles. The minimum atomic E-state index is -0.850. The maximum Gasteiger partial charge on any atom is 0.317 e. The van der Waals surface area contributed by atoms with E-state index in [4.69, 9.17) is 11.6 Å². The number of thiophene rings is 1. The van der Waals surface area contributed by atoms with Crippen LogP contribution in [0, 0.1) is 5.92 Å². The maximum absolute atomic E-state index is 11.2. The number of carbonyl (C=O) groups excluding carboxylic acids is 2. The zero-order valence-electron chi connectivity index (χ0n) is 8.23. The van der Waals surface area contributed by atoms with Crippen LogP contribution < -0.4 is 0 Å². The molecule has 82 valence electrons. The van der Waals surface area contributed by atoms with E-state index in [1.807, 2.05) is 16.8 Å². The van der Waals surface area contributed by atoms with Gasteiger partial charge in [0.25, 0.3) is 0 Å². The first-order valence-corrected chi connectivity index (χ1v) is 5.75. The fraction of sp³-hybridized carbons (Fsp3) is 0.400. The fourth-order valence-electron chi connectivity index (χ4n) is 1.21. The minimum absolute atomic E-state index is 0.395. The Balaban J connectivity index is 2.52. The zero-order chi connectivity index (χ0) is 11.3. The number of esters is 1. The predicted octanol–water partition coefficient (Wildman–Crippen LogP) is 2.24. The van der Waals surface area contributed by atoms with Crippen molar-refractivity contribution in [2.24, 2.45) is 5.92 Å². The van der Waals surface area contributed by atoms with Gasteiger partial charge in [-0.25, -0.2) is 0 Å². The molecule has 1 atom stereocenters. The number of aryl methyl sites for hydroxylation is 1. The maximum atomic E-state index is 11.2. The van der Waals surface area contributed by atoms with E-state index < -0.39 is 17.1 Å². The summed E-state index contributed by atoms with van der Waals surface area (Å²) in [6.07, 6.45) is 1.05. The quantitative estimate of drug-likeness (QED) is 0.455. The van der Waals surface area contributed by atoms with Crippen molar-refractivity contribution in [2.45, 2.75) is 12.8 Å². The average Bonchev–Trinajstić information content (AvgIpc) is 2.70. The molecule has 0 bridgehead atoms. The molecule has 0 aromatic carbocycles. The number of methoxy groups -OCH3 is 1. The highest BCUT2D eigenvalue weighted by Crippen LogP contribution is 2.16. The summed E-state index contributed by atoms with van der Waals surface area (Å²) in [5.41, 5.74) is 1.10. The Kier molecular flexibility index (Phi) is 4.78. The van der Waals surface area contributed by atoms with Crippen molar-refractivity contribution < 1.29 is 14.3 Å². The monoisotopic (exact) mass is 246 g/mol. The van der Waals surface area contributed by atoms with Gasteiger partial charge in [-0.2, -0.15) is 11.3 Å². The van der Waals surface area contributed by atoms with Gasteiger partial charge in [0.1, 0.15) is 5.92 Å². The van der Waals surface area contributed by atoms with Crippen molar-refractivity contribution in [3.8, 4) is 0 Å². The van der Waals surface area contributed by atoms with Gasteiger partial charge in [-0.15, -0.1) is 0 Å². The van der Waals surface area contributed by atoms with Crippen molar-refractivity contribution in [3.05, 3.63) is 22.4 Å². The Bertz CT molecular complexity index is 334. The van der Waals surface area contributed by atoms with Gasteiger partial charge in [0.05, 0.1) is 7.11 Å². The highest BCUT2D eigenvalue weighted by molar-refractivity contribution is 7.07. The SMILES string of the molecule is COC(=O)C(CCc1ccsc1)C(=O)Cl. The van der Waals surface area contributed by atoms with Crippen LogP contribution in [0.25, 0.3) is 0 Å². The lowest BCUT2D eigenvalue weighted by atomic mass is 10.0. The van der Waals surface area contributed by atoms with Crippen LogP contribution in [-0.4, -0.2) is 18.3 Å². The second-order valence-electron chi connectivity index (χ2n) is 3.05. The molecule has 1 unspecified atom stereocenters.